The van der Waals surface area contributed by atoms with Crippen LogP contribution in [0.3, 0.4) is 0 Å². The number of carbonyl (C=O) groups is 1. The quantitative estimate of drug-likeness (QED) is 0.457. The van der Waals surface area contributed by atoms with Crippen molar-refractivity contribution in [1.82, 2.24) is 19.1 Å². The van der Waals surface area contributed by atoms with Crippen LogP contribution in [0.25, 0.3) is 11.0 Å². The van der Waals surface area contributed by atoms with Crippen molar-refractivity contribution in [3.05, 3.63) is 99.1 Å². The number of carbonyl (C=O) groups excluding carboxylic acids is 1. The second-order valence-corrected chi connectivity index (χ2v) is 6.61. The van der Waals surface area contributed by atoms with Crippen LogP contribution in [0.1, 0.15) is 16.1 Å². The van der Waals surface area contributed by atoms with Crippen molar-refractivity contribution in [1.29, 1.82) is 0 Å². The van der Waals surface area contributed by atoms with Gasteiger partial charge in [-0.05, 0) is 36.4 Å². The third-order valence-corrected chi connectivity index (χ3v) is 4.73. The molecular weight excluding hydrogens is 384 g/mol. The Balaban J connectivity index is 1.83. The summed E-state index contributed by atoms with van der Waals surface area (Å²) < 4.78 is 7.49. The van der Waals surface area contributed by atoms with E-state index in [4.69, 9.17) is 4.74 Å². The van der Waals surface area contributed by atoms with Gasteiger partial charge in [-0.2, -0.15) is 0 Å². The Labute approximate surface area is 171 Å². The molecule has 0 N–H and O–H groups in total. The number of hydrogen-bond acceptors (Lipinski definition) is 6. The third kappa shape index (κ3) is 3.62. The Morgan fingerprint density at radius 2 is 1.80 bits per heavy atom. The van der Waals surface area contributed by atoms with Crippen molar-refractivity contribution in [3.8, 4) is 5.75 Å². The molecule has 30 heavy (non-hydrogen) atoms. The Morgan fingerprint density at radius 1 is 0.967 bits per heavy atom. The van der Waals surface area contributed by atoms with Crippen molar-refractivity contribution < 1.29 is 9.53 Å². The molecule has 150 valence electrons. The van der Waals surface area contributed by atoms with Gasteiger partial charge in [-0.3, -0.25) is 23.7 Å². The summed E-state index contributed by atoms with van der Waals surface area (Å²) in [6, 6.07) is 15.2. The number of hydrogen-bond donors (Lipinski definition) is 0. The molecule has 0 fully saturated rings. The topological polar surface area (TPSA) is 96.1 Å². The van der Waals surface area contributed by atoms with Crippen LogP contribution in [0, 0.1) is 0 Å². The largest absolute Gasteiger partial charge is 0.497 e. The summed E-state index contributed by atoms with van der Waals surface area (Å²) in [4.78, 5) is 47.3. The van der Waals surface area contributed by atoms with Gasteiger partial charge in [0.05, 0.1) is 31.4 Å². The molecule has 0 spiro atoms. The Hall–Kier alpha value is -4.07. The SMILES string of the molecule is COc1cccc(C(=O)Cn2c(=O)n(Cc3ccccn3)c(=O)c3ncccc32)c1. The summed E-state index contributed by atoms with van der Waals surface area (Å²) in [6.45, 7) is -0.255. The van der Waals surface area contributed by atoms with Gasteiger partial charge in [-0.25, -0.2) is 9.78 Å². The molecule has 3 aromatic heterocycles. The van der Waals surface area contributed by atoms with E-state index >= 15 is 0 Å². The molecule has 4 aromatic rings. The summed E-state index contributed by atoms with van der Waals surface area (Å²) in [7, 11) is 1.51. The lowest BCUT2D eigenvalue weighted by molar-refractivity contribution is 0.0971. The first-order valence-corrected chi connectivity index (χ1v) is 9.24. The van der Waals surface area contributed by atoms with E-state index < -0.39 is 11.2 Å². The monoisotopic (exact) mass is 402 g/mol. The van der Waals surface area contributed by atoms with Crippen LogP contribution in [-0.4, -0.2) is 32.0 Å². The number of ketones is 1. The molecule has 0 atom stereocenters. The van der Waals surface area contributed by atoms with Crippen molar-refractivity contribution in [2.45, 2.75) is 13.1 Å². The highest BCUT2D eigenvalue weighted by atomic mass is 16.5. The predicted molar refractivity (Wildman–Crippen MR) is 111 cm³/mol. The summed E-state index contributed by atoms with van der Waals surface area (Å²) in [5.74, 6) is 0.254. The maximum Gasteiger partial charge on any atom is 0.332 e. The first-order valence-electron chi connectivity index (χ1n) is 9.24. The third-order valence-electron chi connectivity index (χ3n) is 4.73. The molecule has 0 amide bonds. The van der Waals surface area contributed by atoms with E-state index in [9.17, 15) is 14.4 Å². The average Bonchev–Trinajstić information content (AvgIpc) is 2.80. The molecule has 0 saturated carbocycles. The fourth-order valence-corrected chi connectivity index (χ4v) is 3.22. The number of nitrogens with zero attached hydrogens (tertiary/aromatic N) is 4. The van der Waals surface area contributed by atoms with Crippen LogP contribution in [0.2, 0.25) is 0 Å². The number of rotatable bonds is 6. The molecule has 0 radical (unpaired) electrons. The second kappa shape index (κ2) is 8.12. The minimum absolute atomic E-state index is 0.0155. The average molecular weight is 402 g/mol. The van der Waals surface area contributed by atoms with Gasteiger partial charge < -0.3 is 4.74 Å². The van der Waals surface area contributed by atoms with Gasteiger partial charge in [0.2, 0.25) is 0 Å². The molecular formula is C22H18N4O4. The Kier molecular flexibility index (Phi) is 5.21. The lowest BCUT2D eigenvalue weighted by atomic mass is 10.1. The van der Waals surface area contributed by atoms with Crippen LogP contribution in [0.4, 0.5) is 0 Å². The summed E-state index contributed by atoms with van der Waals surface area (Å²) >= 11 is 0. The van der Waals surface area contributed by atoms with Crippen LogP contribution in [0.5, 0.6) is 5.75 Å². The zero-order valence-electron chi connectivity index (χ0n) is 16.2. The van der Waals surface area contributed by atoms with Crippen LogP contribution >= 0.6 is 0 Å². The highest BCUT2D eigenvalue weighted by Gasteiger charge is 2.17. The zero-order valence-corrected chi connectivity index (χ0v) is 16.2. The predicted octanol–water partition coefficient (Wildman–Crippen LogP) is 1.89. The van der Waals surface area contributed by atoms with Gasteiger partial charge in [0.1, 0.15) is 5.75 Å². The number of pyridine rings is 2. The standard InChI is InChI=1S/C22H18N4O4/c1-30-17-8-4-6-15(12-17)19(27)14-25-18-9-5-11-24-20(18)21(28)26(22(25)29)13-16-7-2-3-10-23-16/h2-12H,13-14H2,1H3. The number of aromatic nitrogens is 4. The fourth-order valence-electron chi connectivity index (χ4n) is 3.22. The molecule has 0 aliphatic carbocycles. The molecule has 0 unspecified atom stereocenters. The second-order valence-electron chi connectivity index (χ2n) is 6.61. The van der Waals surface area contributed by atoms with E-state index in [0.717, 1.165) is 4.57 Å². The normalized spacial score (nSPS) is 10.8. The van der Waals surface area contributed by atoms with Gasteiger partial charge in [0.25, 0.3) is 5.56 Å². The number of benzene rings is 1. The van der Waals surface area contributed by atoms with Gasteiger partial charge >= 0.3 is 5.69 Å². The van der Waals surface area contributed by atoms with E-state index in [2.05, 4.69) is 9.97 Å². The number of Topliss-reactive ketones (excluding diaryl/α,β-unsaturated/α-hetero) is 1. The maximum absolute atomic E-state index is 13.2. The minimum atomic E-state index is -0.595. The maximum atomic E-state index is 13.2. The van der Waals surface area contributed by atoms with Gasteiger partial charge in [-0.1, -0.05) is 18.2 Å². The number of methoxy groups -OCH3 is 1. The van der Waals surface area contributed by atoms with Gasteiger partial charge in [-0.15, -0.1) is 0 Å². The Morgan fingerprint density at radius 3 is 2.57 bits per heavy atom. The highest BCUT2D eigenvalue weighted by molar-refractivity contribution is 5.96. The van der Waals surface area contributed by atoms with Crippen LogP contribution < -0.4 is 16.0 Å². The fraction of sp³-hybridized carbons (Fsp3) is 0.136. The lowest BCUT2D eigenvalue weighted by Gasteiger charge is -2.13. The number of fused-ring (bicyclic) bond motifs is 1. The van der Waals surface area contributed by atoms with Crippen molar-refractivity contribution in [2.75, 3.05) is 7.11 Å². The van der Waals surface area contributed by atoms with Crippen molar-refractivity contribution in [2.24, 2.45) is 0 Å². The Bertz CT molecular complexity index is 1340. The zero-order chi connectivity index (χ0) is 21.1. The summed E-state index contributed by atoms with van der Waals surface area (Å²) in [5.41, 5.74) is 0.264. The lowest BCUT2D eigenvalue weighted by Crippen LogP contribution is -2.41. The molecule has 0 aliphatic rings. The molecule has 4 rings (SSSR count). The van der Waals surface area contributed by atoms with E-state index in [1.807, 2.05) is 0 Å². The molecule has 0 saturated heterocycles. The van der Waals surface area contributed by atoms with Crippen LogP contribution in [-0.2, 0) is 13.1 Å². The molecule has 3 heterocycles. The van der Waals surface area contributed by atoms with E-state index in [-0.39, 0.29) is 24.4 Å². The molecule has 8 heteroatoms. The first kappa shape index (κ1) is 19.3. The highest BCUT2D eigenvalue weighted by Crippen LogP contribution is 2.14. The molecule has 8 nitrogen and oxygen atoms in total. The van der Waals surface area contributed by atoms with Gasteiger partial charge in [0.15, 0.2) is 11.3 Å². The van der Waals surface area contributed by atoms with E-state index in [1.165, 1.54) is 17.9 Å². The van der Waals surface area contributed by atoms with Gasteiger partial charge in [0, 0.05) is 18.0 Å². The number of ether oxygens (including phenoxy) is 1. The molecule has 0 bridgehead atoms. The van der Waals surface area contributed by atoms with E-state index in [0.29, 0.717) is 22.5 Å². The van der Waals surface area contributed by atoms with E-state index in [1.54, 1.807) is 60.8 Å². The minimum Gasteiger partial charge on any atom is -0.497 e. The van der Waals surface area contributed by atoms with Crippen molar-refractivity contribution in [3.63, 3.8) is 0 Å². The van der Waals surface area contributed by atoms with Crippen LogP contribution in [0.15, 0.2) is 76.6 Å². The first-order chi connectivity index (χ1) is 14.6. The summed E-state index contributed by atoms with van der Waals surface area (Å²) in [6.07, 6.45) is 3.07. The smallest absolute Gasteiger partial charge is 0.332 e. The van der Waals surface area contributed by atoms with Crippen molar-refractivity contribution >= 4 is 16.8 Å². The summed E-state index contributed by atoms with van der Waals surface area (Å²) in [5, 5.41) is 0. The molecule has 1 aromatic carbocycles. The molecule has 0 aliphatic heterocycles.